The predicted molar refractivity (Wildman–Crippen MR) is 93.1 cm³/mol. The van der Waals surface area contributed by atoms with Gasteiger partial charge < -0.3 is 10.2 Å². The second kappa shape index (κ2) is 7.19. The number of pyridine rings is 1. The second-order valence-electron chi connectivity index (χ2n) is 6.16. The van der Waals surface area contributed by atoms with Crippen LogP contribution in [-0.4, -0.2) is 24.0 Å². The fourth-order valence-electron chi connectivity index (χ4n) is 3.12. The molecule has 1 aliphatic rings. The average Bonchev–Trinajstić information content (AvgIpc) is 2.64. The molecule has 0 bridgehead atoms. The Bertz CT molecular complexity index is 820. The molecule has 0 spiro atoms. The zero-order chi connectivity index (χ0) is 18.7. The van der Waals surface area contributed by atoms with Gasteiger partial charge in [-0.25, -0.2) is 0 Å². The van der Waals surface area contributed by atoms with Crippen molar-refractivity contribution in [2.24, 2.45) is 5.92 Å². The van der Waals surface area contributed by atoms with Gasteiger partial charge in [0.1, 0.15) is 5.69 Å². The van der Waals surface area contributed by atoms with E-state index in [9.17, 15) is 18.0 Å². The summed E-state index contributed by atoms with van der Waals surface area (Å²) >= 11 is 0. The maximum absolute atomic E-state index is 13.0. The molecule has 2 aromatic rings. The van der Waals surface area contributed by atoms with Crippen molar-refractivity contribution in [1.29, 1.82) is 0 Å². The van der Waals surface area contributed by atoms with Gasteiger partial charge in [0.2, 0.25) is 5.91 Å². The number of anilines is 2. The Kier molecular flexibility index (Phi) is 4.97. The molecule has 136 valence electrons. The summed E-state index contributed by atoms with van der Waals surface area (Å²) in [5, 5.41) is 2.76. The lowest BCUT2D eigenvalue weighted by molar-refractivity contribution is -0.141. The molecule has 1 unspecified atom stereocenters. The molecule has 1 aromatic heterocycles. The van der Waals surface area contributed by atoms with E-state index >= 15 is 0 Å². The van der Waals surface area contributed by atoms with Crippen LogP contribution in [0, 0.1) is 5.92 Å². The molecule has 26 heavy (non-hydrogen) atoms. The van der Waals surface area contributed by atoms with E-state index in [1.54, 1.807) is 6.07 Å². The molecule has 1 amide bonds. The highest BCUT2D eigenvalue weighted by atomic mass is 19.4. The number of benzene rings is 1. The minimum absolute atomic E-state index is 0.0660. The molecule has 4 nitrogen and oxygen atoms in total. The van der Waals surface area contributed by atoms with Crippen LogP contribution in [0.15, 0.2) is 55.3 Å². The fourth-order valence-corrected chi connectivity index (χ4v) is 3.12. The molecule has 0 saturated heterocycles. The number of hydrogen-bond acceptors (Lipinski definition) is 3. The summed E-state index contributed by atoms with van der Waals surface area (Å²) in [5.41, 5.74) is 1.41. The van der Waals surface area contributed by atoms with Crippen LogP contribution in [-0.2, 0) is 17.4 Å². The molecule has 0 aliphatic carbocycles. The van der Waals surface area contributed by atoms with E-state index < -0.39 is 11.9 Å². The molecule has 0 radical (unpaired) electrons. The van der Waals surface area contributed by atoms with Crippen LogP contribution in [0.1, 0.15) is 11.3 Å². The van der Waals surface area contributed by atoms with E-state index in [1.807, 2.05) is 29.2 Å². The largest absolute Gasteiger partial charge is 0.433 e. The molecule has 2 heterocycles. The number of carbonyl (C=O) groups is 1. The number of rotatable bonds is 4. The van der Waals surface area contributed by atoms with Crippen molar-refractivity contribution in [2.75, 3.05) is 18.0 Å². The van der Waals surface area contributed by atoms with Gasteiger partial charge in [0, 0.05) is 30.7 Å². The van der Waals surface area contributed by atoms with Crippen molar-refractivity contribution in [3.05, 3.63) is 66.5 Å². The van der Waals surface area contributed by atoms with Crippen LogP contribution in [0.2, 0.25) is 0 Å². The third-order valence-electron chi connectivity index (χ3n) is 4.33. The number of aromatic nitrogens is 1. The van der Waals surface area contributed by atoms with E-state index in [1.165, 1.54) is 12.3 Å². The average molecular weight is 361 g/mol. The summed E-state index contributed by atoms with van der Waals surface area (Å²) in [7, 11) is 0. The molecule has 1 aliphatic heterocycles. The van der Waals surface area contributed by atoms with Crippen LogP contribution in [0.5, 0.6) is 0 Å². The first-order chi connectivity index (χ1) is 12.4. The lowest BCUT2D eigenvalue weighted by Crippen LogP contribution is -2.39. The van der Waals surface area contributed by atoms with E-state index in [0.717, 1.165) is 23.7 Å². The third-order valence-corrected chi connectivity index (χ3v) is 4.33. The second-order valence-corrected chi connectivity index (χ2v) is 6.16. The number of para-hydroxylation sites is 1. The first-order valence-electron chi connectivity index (χ1n) is 8.17. The van der Waals surface area contributed by atoms with Crippen molar-refractivity contribution in [1.82, 2.24) is 10.3 Å². The lowest BCUT2D eigenvalue weighted by atomic mass is 9.92. The first-order valence-corrected chi connectivity index (χ1v) is 8.17. The van der Waals surface area contributed by atoms with Crippen molar-refractivity contribution in [3.8, 4) is 0 Å². The van der Waals surface area contributed by atoms with Gasteiger partial charge in [0.15, 0.2) is 0 Å². The fraction of sp³-hybridized carbons (Fsp3) is 0.263. The molecule has 1 N–H and O–H groups in total. The molecule has 0 fully saturated rings. The number of halogens is 3. The number of hydrogen-bond donors (Lipinski definition) is 1. The number of amides is 1. The Hall–Kier alpha value is -2.83. The molecule has 1 aromatic carbocycles. The quantitative estimate of drug-likeness (QED) is 0.845. The summed E-state index contributed by atoms with van der Waals surface area (Å²) in [6, 6.07) is 10.2. The highest BCUT2D eigenvalue weighted by Crippen LogP contribution is 2.37. The number of nitrogens with one attached hydrogen (secondary N) is 1. The first kappa shape index (κ1) is 18.0. The zero-order valence-electron chi connectivity index (χ0n) is 14.0. The van der Waals surface area contributed by atoms with Crippen LogP contribution >= 0.6 is 0 Å². The van der Waals surface area contributed by atoms with Crippen LogP contribution in [0.3, 0.4) is 0 Å². The minimum Gasteiger partial charge on any atom is -0.352 e. The smallest absolute Gasteiger partial charge is 0.352 e. The van der Waals surface area contributed by atoms with Crippen molar-refractivity contribution in [3.63, 3.8) is 0 Å². The van der Waals surface area contributed by atoms with Crippen LogP contribution in [0.25, 0.3) is 0 Å². The van der Waals surface area contributed by atoms with Gasteiger partial charge in [-0.3, -0.25) is 9.78 Å². The maximum atomic E-state index is 13.0. The zero-order valence-corrected chi connectivity index (χ0v) is 14.0. The summed E-state index contributed by atoms with van der Waals surface area (Å²) in [6.45, 7) is 4.34. The monoisotopic (exact) mass is 361 g/mol. The van der Waals surface area contributed by atoms with Crippen molar-refractivity contribution >= 4 is 17.3 Å². The van der Waals surface area contributed by atoms with E-state index in [2.05, 4.69) is 16.9 Å². The molecular weight excluding hydrogens is 343 g/mol. The number of fused-ring (bicyclic) bond motifs is 1. The predicted octanol–water partition coefficient (Wildman–Crippen LogP) is 3.71. The van der Waals surface area contributed by atoms with Crippen LogP contribution in [0.4, 0.5) is 24.5 Å². The highest BCUT2D eigenvalue weighted by molar-refractivity contribution is 5.86. The van der Waals surface area contributed by atoms with Gasteiger partial charge in [0.25, 0.3) is 0 Å². The van der Waals surface area contributed by atoms with Gasteiger partial charge in [-0.15, -0.1) is 0 Å². The molecule has 7 heteroatoms. The normalized spacial score (nSPS) is 16.7. The molecular formula is C19H18F3N3O. The Morgan fingerprint density at radius 3 is 2.85 bits per heavy atom. The summed E-state index contributed by atoms with van der Waals surface area (Å²) in [5.74, 6) is -0.199. The molecule has 0 saturated carbocycles. The lowest BCUT2D eigenvalue weighted by Gasteiger charge is -2.36. The number of carbonyl (C=O) groups excluding carboxylic acids is 1. The maximum Gasteiger partial charge on any atom is 0.433 e. The highest BCUT2D eigenvalue weighted by Gasteiger charge is 2.33. The van der Waals surface area contributed by atoms with Gasteiger partial charge in [-0.2, -0.15) is 13.2 Å². The van der Waals surface area contributed by atoms with E-state index in [4.69, 9.17) is 0 Å². The van der Waals surface area contributed by atoms with Gasteiger partial charge in [-0.1, -0.05) is 24.8 Å². The SMILES string of the molecule is C=CC(=O)NCC1Cc2ccccc2N(c2ccnc(C(F)(F)F)c2)C1. The Labute approximate surface area is 149 Å². The number of nitrogens with zero attached hydrogens (tertiary/aromatic N) is 2. The summed E-state index contributed by atoms with van der Waals surface area (Å²) in [4.78, 5) is 16.7. The topological polar surface area (TPSA) is 45.2 Å². The Balaban J connectivity index is 1.92. The summed E-state index contributed by atoms with van der Waals surface area (Å²) in [6.07, 6.45) is -1.39. The molecule has 1 atom stereocenters. The van der Waals surface area contributed by atoms with Gasteiger partial charge in [0.05, 0.1) is 0 Å². The summed E-state index contributed by atoms with van der Waals surface area (Å²) < 4.78 is 39.1. The molecule has 3 rings (SSSR count). The Morgan fingerprint density at radius 1 is 1.35 bits per heavy atom. The standard InChI is InChI=1S/C19H18F3N3O/c1-2-18(26)24-11-13-9-14-5-3-4-6-16(14)25(12-13)15-7-8-23-17(10-15)19(20,21)22/h2-8,10,13H,1,9,11-12H2,(H,24,26). The van der Waals surface area contributed by atoms with Gasteiger partial charge >= 0.3 is 6.18 Å². The van der Waals surface area contributed by atoms with Crippen molar-refractivity contribution in [2.45, 2.75) is 12.6 Å². The van der Waals surface area contributed by atoms with Crippen LogP contribution < -0.4 is 10.2 Å². The Morgan fingerprint density at radius 2 is 2.12 bits per heavy atom. The van der Waals surface area contributed by atoms with E-state index in [0.29, 0.717) is 18.8 Å². The van der Waals surface area contributed by atoms with Gasteiger partial charge in [-0.05, 0) is 42.2 Å². The van der Waals surface area contributed by atoms with Crippen molar-refractivity contribution < 1.29 is 18.0 Å². The van der Waals surface area contributed by atoms with E-state index in [-0.39, 0.29) is 11.8 Å². The number of alkyl halides is 3. The third kappa shape index (κ3) is 3.87. The minimum atomic E-state index is -4.50.